The van der Waals surface area contributed by atoms with Crippen LogP contribution >= 0.6 is 0 Å². The second-order valence-corrected chi connectivity index (χ2v) is 7.36. The number of likely N-dealkylation sites (tertiary alicyclic amines) is 1. The molecule has 27 heavy (non-hydrogen) atoms. The van der Waals surface area contributed by atoms with Crippen molar-refractivity contribution in [3.05, 3.63) is 71.0 Å². The summed E-state index contributed by atoms with van der Waals surface area (Å²) in [5.74, 6) is -0.0998. The maximum atomic E-state index is 13.2. The Balaban J connectivity index is 1.67. The van der Waals surface area contributed by atoms with Crippen molar-refractivity contribution in [1.29, 1.82) is 0 Å². The summed E-state index contributed by atoms with van der Waals surface area (Å²) >= 11 is 0. The molecule has 1 heterocycles. The molecule has 142 valence electrons. The van der Waals surface area contributed by atoms with E-state index in [2.05, 4.69) is 5.32 Å². The van der Waals surface area contributed by atoms with Crippen molar-refractivity contribution in [3.63, 3.8) is 0 Å². The lowest BCUT2D eigenvalue weighted by Gasteiger charge is -2.23. The minimum Gasteiger partial charge on any atom is -0.345 e. The quantitative estimate of drug-likeness (QED) is 0.835. The van der Waals surface area contributed by atoms with Crippen molar-refractivity contribution in [1.82, 2.24) is 10.2 Å². The molecule has 0 radical (unpaired) electrons. The first kappa shape index (κ1) is 19.1. The number of amides is 2. The molecule has 1 fully saturated rings. The first-order valence-corrected chi connectivity index (χ1v) is 9.37. The fourth-order valence-corrected chi connectivity index (χ4v) is 3.38. The maximum Gasteiger partial charge on any atom is 0.251 e. The number of rotatable bonds is 6. The summed E-state index contributed by atoms with van der Waals surface area (Å²) in [6, 6.07) is 13.4. The third kappa shape index (κ3) is 4.73. The van der Waals surface area contributed by atoms with E-state index in [1.165, 1.54) is 12.1 Å². The summed E-state index contributed by atoms with van der Waals surface area (Å²) in [5.41, 5.74) is 2.46. The minimum atomic E-state index is -0.292. The molecule has 0 aliphatic carbocycles. The SMILES string of the molecule is CC(C)C(NC(=O)c1ccc(CN2CCCC2=O)cc1)c1ccc(F)cc1. The zero-order valence-electron chi connectivity index (χ0n) is 15.7. The fraction of sp³-hybridized carbons (Fsp3) is 0.364. The molecule has 1 aliphatic heterocycles. The Labute approximate surface area is 159 Å². The monoisotopic (exact) mass is 368 g/mol. The topological polar surface area (TPSA) is 49.4 Å². The molecule has 0 aromatic heterocycles. The van der Waals surface area contributed by atoms with Crippen LogP contribution < -0.4 is 5.32 Å². The van der Waals surface area contributed by atoms with Gasteiger partial charge in [-0.15, -0.1) is 0 Å². The number of hydrogen-bond donors (Lipinski definition) is 1. The van der Waals surface area contributed by atoms with E-state index in [0.29, 0.717) is 18.5 Å². The molecular weight excluding hydrogens is 343 g/mol. The normalized spacial score (nSPS) is 15.3. The molecule has 3 rings (SSSR count). The molecular formula is C22H25FN2O2. The van der Waals surface area contributed by atoms with Gasteiger partial charge in [0.05, 0.1) is 6.04 Å². The van der Waals surface area contributed by atoms with Gasteiger partial charge in [-0.3, -0.25) is 9.59 Å². The van der Waals surface area contributed by atoms with Crippen molar-refractivity contribution < 1.29 is 14.0 Å². The Morgan fingerprint density at radius 2 is 1.78 bits per heavy atom. The summed E-state index contributed by atoms with van der Waals surface area (Å²) in [7, 11) is 0. The van der Waals surface area contributed by atoms with Crippen LogP contribution in [0.4, 0.5) is 4.39 Å². The zero-order chi connectivity index (χ0) is 19.4. The molecule has 0 bridgehead atoms. The molecule has 1 saturated heterocycles. The van der Waals surface area contributed by atoms with Gasteiger partial charge in [-0.1, -0.05) is 38.1 Å². The highest BCUT2D eigenvalue weighted by Crippen LogP contribution is 2.23. The van der Waals surface area contributed by atoms with Gasteiger partial charge in [0.1, 0.15) is 5.82 Å². The van der Waals surface area contributed by atoms with Crippen molar-refractivity contribution in [3.8, 4) is 0 Å². The molecule has 1 atom stereocenters. The van der Waals surface area contributed by atoms with Gasteiger partial charge in [0.25, 0.3) is 5.91 Å². The molecule has 2 aromatic carbocycles. The largest absolute Gasteiger partial charge is 0.345 e. The molecule has 1 aliphatic rings. The number of hydrogen-bond acceptors (Lipinski definition) is 2. The summed E-state index contributed by atoms with van der Waals surface area (Å²) in [4.78, 5) is 26.2. The van der Waals surface area contributed by atoms with E-state index in [-0.39, 0.29) is 29.6 Å². The van der Waals surface area contributed by atoms with Crippen molar-refractivity contribution >= 4 is 11.8 Å². The van der Waals surface area contributed by atoms with Crippen LogP contribution in [-0.2, 0) is 11.3 Å². The summed E-state index contributed by atoms with van der Waals surface area (Å²) in [6.45, 7) is 5.43. The molecule has 0 spiro atoms. The highest BCUT2D eigenvalue weighted by atomic mass is 19.1. The number of nitrogens with zero attached hydrogens (tertiary/aromatic N) is 1. The van der Waals surface area contributed by atoms with Gasteiger partial charge in [-0.2, -0.15) is 0 Å². The highest BCUT2D eigenvalue weighted by Gasteiger charge is 2.21. The average molecular weight is 368 g/mol. The molecule has 4 nitrogen and oxygen atoms in total. The van der Waals surface area contributed by atoms with Crippen LogP contribution in [0.2, 0.25) is 0 Å². The molecule has 2 amide bonds. The second-order valence-electron chi connectivity index (χ2n) is 7.36. The number of carbonyl (C=O) groups is 2. The van der Waals surface area contributed by atoms with Crippen LogP contribution in [0.3, 0.4) is 0 Å². The third-order valence-electron chi connectivity index (χ3n) is 4.94. The van der Waals surface area contributed by atoms with Gasteiger partial charge in [0, 0.05) is 25.1 Å². The highest BCUT2D eigenvalue weighted by molar-refractivity contribution is 5.94. The van der Waals surface area contributed by atoms with E-state index in [1.54, 1.807) is 24.3 Å². The van der Waals surface area contributed by atoms with Gasteiger partial charge in [0.15, 0.2) is 0 Å². The van der Waals surface area contributed by atoms with Gasteiger partial charge < -0.3 is 10.2 Å². The minimum absolute atomic E-state index is 0.165. The van der Waals surface area contributed by atoms with Gasteiger partial charge in [-0.25, -0.2) is 4.39 Å². The average Bonchev–Trinajstić information content (AvgIpc) is 3.05. The summed E-state index contributed by atoms with van der Waals surface area (Å²) in [5, 5.41) is 3.04. The van der Waals surface area contributed by atoms with Crippen LogP contribution in [0.1, 0.15) is 54.2 Å². The number of benzene rings is 2. The lowest BCUT2D eigenvalue weighted by molar-refractivity contribution is -0.128. The van der Waals surface area contributed by atoms with Crippen LogP contribution in [0.25, 0.3) is 0 Å². The molecule has 0 saturated carbocycles. The number of carbonyl (C=O) groups excluding carboxylic acids is 2. The van der Waals surface area contributed by atoms with Crippen molar-refractivity contribution in [2.24, 2.45) is 5.92 Å². The smallest absolute Gasteiger partial charge is 0.251 e. The van der Waals surface area contributed by atoms with E-state index >= 15 is 0 Å². The molecule has 1 N–H and O–H groups in total. The van der Waals surface area contributed by atoms with Crippen LogP contribution in [0, 0.1) is 11.7 Å². The van der Waals surface area contributed by atoms with Crippen LogP contribution in [0.15, 0.2) is 48.5 Å². The van der Waals surface area contributed by atoms with E-state index in [1.807, 2.05) is 30.9 Å². The Morgan fingerprint density at radius 3 is 2.33 bits per heavy atom. The molecule has 5 heteroatoms. The first-order valence-electron chi connectivity index (χ1n) is 9.37. The first-order chi connectivity index (χ1) is 12.9. The van der Waals surface area contributed by atoms with Gasteiger partial charge >= 0.3 is 0 Å². The lowest BCUT2D eigenvalue weighted by atomic mass is 9.95. The van der Waals surface area contributed by atoms with E-state index in [0.717, 1.165) is 24.1 Å². The zero-order valence-corrected chi connectivity index (χ0v) is 15.7. The summed E-state index contributed by atoms with van der Waals surface area (Å²) < 4.78 is 13.2. The van der Waals surface area contributed by atoms with Crippen LogP contribution in [0.5, 0.6) is 0 Å². The van der Waals surface area contributed by atoms with E-state index in [4.69, 9.17) is 0 Å². The molecule has 1 unspecified atom stereocenters. The van der Waals surface area contributed by atoms with Crippen molar-refractivity contribution in [2.75, 3.05) is 6.54 Å². The van der Waals surface area contributed by atoms with Gasteiger partial charge in [0.2, 0.25) is 5.91 Å². The fourth-order valence-electron chi connectivity index (χ4n) is 3.38. The Kier molecular flexibility index (Phi) is 5.89. The summed E-state index contributed by atoms with van der Waals surface area (Å²) in [6.07, 6.45) is 1.54. The molecule has 2 aromatic rings. The van der Waals surface area contributed by atoms with E-state index < -0.39 is 0 Å². The van der Waals surface area contributed by atoms with Gasteiger partial charge in [-0.05, 0) is 47.7 Å². The second kappa shape index (κ2) is 8.33. The lowest BCUT2D eigenvalue weighted by Crippen LogP contribution is -2.31. The Bertz CT molecular complexity index is 800. The van der Waals surface area contributed by atoms with Crippen molar-refractivity contribution in [2.45, 2.75) is 39.3 Å². The van der Waals surface area contributed by atoms with Crippen LogP contribution in [-0.4, -0.2) is 23.3 Å². The third-order valence-corrected chi connectivity index (χ3v) is 4.94. The predicted molar refractivity (Wildman–Crippen MR) is 103 cm³/mol. The number of halogens is 1. The predicted octanol–water partition coefficient (Wildman–Crippen LogP) is 4.08. The maximum absolute atomic E-state index is 13.2. The Hall–Kier alpha value is -2.69. The Morgan fingerprint density at radius 1 is 1.11 bits per heavy atom. The number of nitrogens with one attached hydrogen (secondary N) is 1. The standard InChI is InChI=1S/C22H25FN2O2/c1-15(2)21(17-9-11-19(23)12-10-17)24-22(27)18-7-5-16(6-8-18)14-25-13-3-4-20(25)26/h5-12,15,21H,3-4,13-14H2,1-2H3,(H,24,27). The van der Waals surface area contributed by atoms with E-state index in [9.17, 15) is 14.0 Å².